The number of nitrogens with zero attached hydrogens (tertiary/aromatic N) is 3. The van der Waals surface area contributed by atoms with Crippen molar-refractivity contribution >= 4 is 32.4 Å². The molecule has 9 heteroatoms. The molecule has 2 aromatic rings. The van der Waals surface area contributed by atoms with Crippen LogP contribution in [-0.4, -0.2) is 63.4 Å². The number of benzene rings is 1. The molecule has 0 spiro atoms. The van der Waals surface area contributed by atoms with Crippen molar-refractivity contribution in [3.63, 3.8) is 0 Å². The van der Waals surface area contributed by atoms with Gasteiger partial charge in [0, 0.05) is 39.1 Å². The second-order valence-corrected chi connectivity index (χ2v) is 11.1. The molecule has 1 saturated heterocycles. The smallest absolute Gasteiger partial charge is 0.410 e. The molecule has 0 N–H and O–H groups in total. The van der Waals surface area contributed by atoms with Crippen molar-refractivity contribution in [2.45, 2.75) is 37.7 Å². The van der Waals surface area contributed by atoms with Gasteiger partial charge in [-0.1, -0.05) is 23.5 Å². The van der Waals surface area contributed by atoms with Gasteiger partial charge in [0.1, 0.15) is 0 Å². The lowest BCUT2D eigenvalue weighted by molar-refractivity contribution is 0.0658. The molecule has 0 unspecified atom stereocenters. The summed E-state index contributed by atoms with van der Waals surface area (Å²) in [6, 6.07) is 6.90. The molecule has 30 heavy (non-hydrogen) atoms. The van der Waals surface area contributed by atoms with Gasteiger partial charge < -0.3 is 14.5 Å². The van der Waals surface area contributed by atoms with Crippen LogP contribution in [0.5, 0.6) is 0 Å². The molecule has 0 atom stereocenters. The summed E-state index contributed by atoms with van der Waals surface area (Å²) in [6.07, 6.45) is 4.62. The summed E-state index contributed by atoms with van der Waals surface area (Å²) < 4.78 is 28.5. The highest BCUT2D eigenvalue weighted by Gasteiger charge is 2.25. The molecule has 1 aliphatic rings. The quantitative estimate of drug-likeness (QED) is 0.663. The predicted molar refractivity (Wildman–Crippen MR) is 120 cm³/mol. The van der Waals surface area contributed by atoms with E-state index in [1.54, 1.807) is 28.4 Å². The standard InChI is InChI=1S/C21H29N3O4S2/c1-15(2)28-21(25)24-11-9-16(10-12-24)14-23(3)20-22-13-19(29-20)17-5-7-18(8-6-17)30(4,26)27/h5-8,13,15-16H,9-12,14H2,1-4H3. The number of likely N-dealkylation sites (tertiary alicyclic amines) is 1. The molecule has 1 aromatic carbocycles. The SMILES string of the molecule is CC(C)OC(=O)N1CCC(CN(C)c2ncc(-c3ccc(S(C)(=O)=O)cc3)s2)CC1. The molecule has 1 aromatic heterocycles. The van der Waals surface area contributed by atoms with Crippen LogP contribution in [-0.2, 0) is 14.6 Å². The van der Waals surface area contributed by atoms with Crippen LogP contribution in [0.4, 0.5) is 9.93 Å². The van der Waals surface area contributed by atoms with Crippen molar-refractivity contribution in [1.29, 1.82) is 0 Å². The van der Waals surface area contributed by atoms with Crippen LogP contribution >= 0.6 is 11.3 Å². The Labute approximate surface area is 182 Å². The van der Waals surface area contributed by atoms with Crippen LogP contribution in [0.15, 0.2) is 35.4 Å². The monoisotopic (exact) mass is 451 g/mol. The van der Waals surface area contributed by atoms with Crippen LogP contribution in [0.25, 0.3) is 10.4 Å². The zero-order valence-electron chi connectivity index (χ0n) is 17.9. The number of anilines is 1. The largest absolute Gasteiger partial charge is 0.447 e. The van der Waals surface area contributed by atoms with Crippen LogP contribution < -0.4 is 4.90 Å². The number of hydrogen-bond donors (Lipinski definition) is 0. The zero-order valence-corrected chi connectivity index (χ0v) is 19.5. The number of rotatable bonds is 6. The Kier molecular flexibility index (Phi) is 7.02. The van der Waals surface area contributed by atoms with Crippen molar-refractivity contribution in [3.05, 3.63) is 30.5 Å². The van der Waals surface area contributed by atoms with Gasteiger partial charge in [0.25, 0.3) is 0 Å². The zero-order chi connectivity index (χ0) is 21.9. The van der Waals surface area contributed by atoms with E-state index in [0.29, 0.717) is 10.8 Å². The molecule has 3 rings (SSSR count). The number of amides is 1. The van der Waals surface area contributed by atoms with Gasteiger partial charge in [-0.05, 0) is 50.3 Å². The lowest BCUT2D eigenvalue weighted by Crippen LogP contribution is -2.42. The molecule has 2 heterocycles. The van der Waals surface area contributed by atoms with Crippen molar-refractivity contribution < 1.29 is 17.9 Å². The predicted octanol–water partition coefficient (Wildman–Crippen LogP) is 3.91. The van der Waals surface area contributed by atoms with Gasteiger partial charge in [0.2, 0.25) is 0 Å². The van der Waals surface area contributed by atoms with Crippen LogP contribution in [0, 0.1) is 5.92 Å². The summed E-state index contributed by atoms with van der Waals surface area (Å²) in [7, 11) is -1.16. The summed E-state index contributed by atoms with van der Waals surface area (Å²) in [6.45, 7) is 6.05. The van der Waals surface area contributed by atoms with Crippen LogP contribution in [0.3, 0.4) is 0 Å². The average Bonchev–Trinajstić information content (AvgIpc) is 3.18. The van der Waals surface area contributed by atoms with E-state index in [2.05, 4.69) is 9.88 Å². The first-order valence-corrected chi connectivity index (χ1v) is 12.8. The van der Waals surface area contributed by atoms with Gasteiger partial charge in [-0.3, -0.25) is 0 Å². The molecule has 1 aliphatic heterocycles. The molecule has 164 valence electrons. The number of carbonyl (C=O) groups is 1. The first-order valence-electron chi connectivity index (χ1n) is 10.1. The number of ether oxygens (including phenoxy) is 1. The van der Waals surface area contributed by atoms with Crippen molar-refractivity contribution in [2.75, 3.05) is 37.8 Å². The van der Waals surface area contributed by atoms with E-state index in [1.165, 1.54) is 6.26 Å². The molecule has 0 aliphatic carbocycles. The fourth-order valence-electron chi connectivity index (χ4n) is 3.48. The second kappa shape index (κ2) is 9.34. The summed E-state index contributed by atoms with van der Waals surface area (Å²) in [5, 5.41) is 0.929. The lowest BCUT2D eigenvalue weighted by Gasteiger charge is -2.33. The van der Waals surface area contributed by atoms with Crippen molar-refractivity contribution in [2.24, 2.45) is 5.92 Å². The highest BCUT2D eigenvalue weighted by molar-refractivity contribution is 7.90. The van der Waals surface area contributed by atoms with Gasteiger partial charge in [-0.2, -0.15) is 0 Å². The Hall–Kier alpha value is -2.13. The summed E-state index contributed by atoms with van der Waals surface area (Å²) in [5.41, 5.74) is 0.955. The summed E-state index contributed by atoms with van der Waals surface area (Å²) >= 11 is 1.59. The molecule has 1 fully saturated rings. The number of sulfone groups is 1. The van der Waals surface area contributed by atoms with E-state index >= 15 is 0 Å². The van der Waals surface area contributed by atoms with Crippen molar-refractivity contribution in [3.8, 4) is 10.4 Å². The van der Waals surface area contributed by atoms with Gasteiger partial charge in [0.15, 0.2) is 15.0 Å². The minimum absolute atomic E-state index is 0.0944. The molecule has 0 saturated carbocycles. The van der Waals surface area contributed by atoms with Gasteiger partial charge in [-0.25, -0.2) is 18.2 Å². The van der Waals surface area contributed by atoms with Crippen molar-refractivity contribution in [1.82, 2.24) is 9.88 Å². The highest BCUT2D eigenvalue weighted by atomic mass is 32.2. The molecule has 1 amide bonds. The van der Waals surface area contributed by atoms with E-state index < -0.39 is 9.84 Å². The number of aromatic nitrogens is 1. The normalized spacial score (nSPS) is 15.4. The maximum atomic E-state index is 12.0. The van der Waals surface area contributed by atoms with E-state index in [4.69, 9.17) is 4.74 Å². The average molecular weight is 452 g/mol. The lowest BCUT2D eigenvalue weighted by atomic mass is 9.97. The summed E-state index contributed by atoms with van der Waals surface area (Å²) in [4.78, 5) is 21.8. The highest BCUT2D eigenvalue weighted by Crippen LogP contribution is 2.32. The van der Waals surface area contributed by atoms with E-state index in [0.717, 1.165) is 48.0 Å². The third-order valence-electron chi connectivity index (χ3n) is 5.13. The van der Waals surface area contributed by atoms with E-state index in [1.807, 2.05) is 39.2 Å². The Balaban J connectivity index is 1.56. The molecule has 7 nitrogen and oxygen atoms in total. The first-order chi connectivity index (χ1) is 14.1. The second-order valence-electron chi connectivity index (χ2n) is 8.05. The number of thiazole rings is 1. The third-order valence-corrected chi connectivity index (χ3v) is 7.42. The fourth-order valence-corrected chi connectivity index (χ4v) is 5.00. The molecular formula is C21H29N3O4S2. The maximum absolute atomic E-state index is 12.0. The number of carbonyl (C=O) groups excluding carboxylic acids is 1. The third kappa shape index (κ3) is 5.72. The first kappa shape index (κ1) is 22.6. The number of piperidine rings is 1. The van der Waals surface area contributed by atoms with Crippen LogP contribution in [0.1, 0.15) is 26.7 Å². The van der Waals surface area contributed by atoms with Gasteiger partial charge in [0.05, 0.1) is 15.9 Å². The van der Waals surface area contributed by atoms with Crippen LogP contribution in [0.2, 0.25) is 0 Å². The Morgan fingerprint density at radius 2 is 1.90 bits per heavy atom. The van der Waals surface area contributed by atoms with Gasteiger partial charge >= 0.3 is 6.09 Å². The minimum Gasteiger partial charge on any atom is -0.447 e. The Morgan fingerprint density at radius 1 is 1.27 bits per heavy atom. The van der Waals surface area contributed by atoms with E-state index in [9.17, 15) is 13.2 Å². The maximum Gasteiger partial charge on any atom is 0.410 e. The van der Waals surface area contributed by atoms with Gasteiger partial charge in [-0.15, -0.1) is 0 Å². The fraction of sp³-hybridized carbons (Fsp3) is 0.524. The molecular weight excluding hydrogens is 422 g/mol. The topological polar surface area (TPSA) is 79.8 Å². The number of hydrogen-bond acceptors (Lipinski definition) is 7. The summed E-state index contributed by atoms with van der Waals surface area (Å²) in [5.74, 6) is 0.500. The van der Waals surface area contributed by atoms with E-state index in [-0.39, 0.29) is 12.2 Å². The Morgan fingerprint density at radius 3 is 2.47 bits per heavy atom. The molecule has 0 bridgehead atoms. The Bertz CT molecular complexity index is 962. The molecule has 0 radical (unpaired) electrons. The minimum atomic E-state index is -3.19.